The van der Waals surface area contributed by atoms with E-state index in [0.29, 0.717) is 31.1 Å². The van der Waals surface area contributed by atoms with Gasteiger partial charge in [0, 0.05) is 25.0 Å². The molecule has 1 aliphatic carbocycles. The molecule has 1 fully saturated rings. The van der Waals surface area contributed by atoms with Crippen molar-refractivity contribution in [1.82, 2.24) is 5.32 Å². The molecule has 2 rings (SSSR count). The average Bonchev–Trinajstić information content (AvgIpc) is 2.58. The fourth-order valence-electron chi connectivity index (χ4n) is 3.15. The minimum absolute atomic E-state index is 0. The fraction of sp³-hybridized carbons (Fsp3) is 0.611. The second-order valence-corrected chi connectivity index (χ2v) is 6.71. The molecule has 6 nitrogen and oxygen atoms in total. The van der Waals surface area contributed by atoms with Gasteiger partial charge >= 0.3 is 0 Å². The molecule has 0 radical (unpaired) electrons. The summed E-state index contributed by atoms with van der Waals surface area (Å²) in [5.41, 5.74) is 5.98. The Hall–Kier alpha value is -1.50. The average molecular weight is 373 g/mol. The van der Waals surface area contributed by atoms with Crippen molar-refractivity contribution in [2.45, 2.75) is 45.4 Å². The van der Waals surface area contributed by atoms with Gasteiger partial charge < -0.3 is 25.3 Å². The molecule has 0 heterocycles. The number of nitrogens with two attached hydrogens (primary N) is 1. The first-order valence-electron chi connectivity index (χ1n) is 8.19. The summed E-state index contributed by atoms with van der Waals surface area (Å²) in [5, 5.41) is 2.93. The molecule has 0 aromatic heterocycles. The van der Waals surface area contributed by atoms with Crippen molar-refractivity contribution in [2.75, 3.05) is 20.8 Å². The Morgan fingerprint density at radius 1 is 1.28 bits per heavy atom. The van der Waals surface area contributed by atoms with Gasteiger partial charge in [-0.1, -0.05) is 19.9 Å². The zero-order valence-corrected chi connectivity index (χ0v) is 16.4. The molecular formula is C18H29ClN2O4. The van der Waals surface area contributed by atoms with Crippen LogP contribution in [0.2, 0.25) is 0 Å². The third kappa shape index (κ3) is 3.86. The number of halogens is 1. The third-order valence-corrected chi connectivity index (χ3v) is 5.14. The molecule has 1 aromatic carbocycles. The van der Waals surface area contributed by atoms with E-state index in [1.54, 1.807) is 14.2 Å². The maximum Gasteiger partial charge on any atom is 0.241 e. The molecule has 142 valence electrons. The second-order valence-electron chi connectivity index (χ2n) is 6.71. The van der Waals surface area contributed by atoms with Crippen molar-refractivity contribution in [3.8, 4) is 11.5 Å². The van der Waals surface area contributed by atoms with Gasteiger partial charge in [0.05, 0.1) is 20.3 Å². The van der Waals surface area contributed by atoms with Gasteiger partial charge in [0.25, 0.3) is 0 Å². The highest BCUT2D eigenvalue weighted by atomic mass is 35.5. The third-order valence-electron chi connectivity index (χ3n) is 5.14. The van der Waals surface area contributed by atoms with Gasteiger partial charge in [0.2, 0.25) is 5.91 Å². The first-order chi connectivity index (χ1) is 11.3. The Morgan fingerprint density at radius 2 is 1.92 bits per heavy atom. The number of rotatable bonds is 7. The van der Waals surface area contributed by atoms with Crippen LogP contribution in [0.15, 0.2) is 18.2 Å². The summed E-state index contributed by atoms with van der Waals surface area (Å²) in [6.45, 7) is 6.91. The standard InChI is InChI=1S/C18H28N2O4.ClH/c1-6-24-15-10-18(19,17(15,2)3)16(21)20-11-12-7-8-13(22-4)14(9-12)23-5;/h7-9,15H,6,10-11,19H2,1-5H3,(H,20,21);1H. The normalized spacial score (nSPS) is 23.8. The number of ether oxygens (including phenoxy) is 3. The van der Waals surface area contributed by atoms with Crippen molar-refractivity contribution < 1.29 is 19.0 Å². The number of amides is 1. The molecule has 2 unspecified atom stereocenters. The van der Waals surface area contributed by atoms with Crippen LogP contribution >= 0.6 is 12.4 Å². The maximum absolute atomic E-state index is 12.6. The molecule has 0 aliphatic heterocycles. The smallest absolute Gasteiger partial charge is 0.241 e. The molecule has 25 heavy (non-hydrogen) atoms. The van der Waals surface area contributed by atoms with E-state index in [9.17, 15) is 4.79 Å². The minimum atomic E-state index is -0.913. The van der Waals surface area contributed by atoms with Gasteiger partial charge in [0.1, 0.15) is 5.54 Å². The van der Waals surface area contributed by atoms with Gasteiger partial charge in [-0.15, -0.1) is 12.4 Å². The van der Waals surface area contributed by atoms with Gasteiger partial charge in [-0.3, -0.25) is 4.79 Å². The predicted octanol–water partition coefficient (Wildman–Crippen LogP) is 2.27. The molecule has 1 aliphatic rings. The molecular weight excluding hydrogens is 344 g/mol. The Labute approximate surface area is 155 Å². The predicted molar refractivity (Wildman–Crippen MR) is 99.4 cm³/mol. The summed E-state index contributed by atoms with van der Waals surface area (Å²) in [4.78, 5) is 12.6. The van der Waals surface area contributed by atoms with Crippen LogP contribution < -0.4 is 20.5 Å². The molecule has 0 saturated heterocycles. The summed E-state index contributed by atoms with van der Waals surface area (Å²) >= 11 is 0. The Kier molecular flexibility index (Phi) is 7.11. The number of benzene rings is 1. The van der Waals surface area contributed by atoms with Gasteiger partial charge in [-0.25, -0.2) is 0 Å². The van der Waals surface area contributed by atoms with Crippen molar-refractivity contribution >= 4 is 18.3 Å². The quantitative estimate of drug-likeness (QED) is 0.767. The first-order valence-corrected chi connectivity index (χ1v) is 8.19. The zero-order valence-electron chi connectivity index (χ0n) is 15.5. The fourth-order valence-corrected chi connectivity index (χ4v) is 3.15. The van der Waals surface area contributed by atoms with Crippen LogP contribution in [-0.2, 0) is 16.1 Å². The number of methoxy groups -OCH3 is 2. The van der Waals surface area contributed by atoms with Crippen LogP contribution in [0.25, 0.3) is 0 Å². The van der Waals surface area contributed by atoms with E-state index in [0.717, 1.165) is 5.56 Å². The van der Waals surface area contributed by atoms with E-state index in [2.05, 4.69) is 5.32 Å². The lowest BCUT2D eigenvalue weighted by molar-refractivity contribution is -0.170. The molecule has 2 atom stereocenters. The lowest BCUT2D eigenvalue weighted by Crippen LogP contribution is -2.75. The summed E-state index contributed by atoms with van der Waals surface area (Å²) in [6, 6.07) is 5.55. The molecule has 7 heteroatoms. The lowest BCUT2D eigenvalue weighted by Gasteiger charge is -2.57. The summed E-state index contributed by atoms with van der Waals surface area (Å²) in [5.74, 6) is 1.13. The van der Waals surface area contributed by atoms with Gasteiger partial charge in [-0.05, 0) is 24.6 Å². The van der Waals surface area contributed by atoms with Crippen LogP contribution in [-0.4, -0.2) is 38.4 Å². The summed E-state index contributed by atoms with van der Waals surface area (Å²) in [7, 11) is 3.17. The molecule has 1 amide bonds. The molecule has 1 saturated carbocycles. The van der Waals surface area contributed by atoms with Crippen molar-refractivity contribution in [3.63, 3.8) is 0 Å². The number of carbonyl (C=O) groups excluding carboxylic acids is 1. The van der Waals surface area contributed by atoms with Crippen LogP contribution in [0.4, 0.5) is 0 Å². The van der Waals surface area contributed by atoms with E-state index in [4.69, 9.17) is 19.9 Å². The number of carbonyl (C=O) groups is 1. The SMILES string of the molecule is CCOC1CC(N)(C(=O)NCc2ccc(OC)c(OC)c2)C1(C)C.Cl. The van der Waals surface area contributed by atoms with Crippen LogP contribution in [0.3, 0.4) is 0 Å². The minimum Gasteiger partial charge on any atom is -0.493 e. The highest BCUT2D eigenvalue weighted by molar-refractivity contribution is 5.88. The largest absolute Gasteiger partial charge is 0.493 e. The van der Waals surface area contributed by atoms with Crippen molar-refractivity contribution in [1.29, 1.82) is 0 Å². The molecule has 0 spiro atoms. The molecule has 3 N–H and O–H groups in total. The maximum atomic E-state index is 12.6. The van der Waals surface area contributed by atoms with E-state index in [-0.39, 0.29) is 24.4 Å². The monoisotopic (exact) mass is 372 g/mol. The van der Waals surface area contributed by atoms with Gasteiger partial charge in [0.15, 0.2) is 11.5 Å². The van der Waals surface area contributed by atoms with Crippen LogP contribution in [0, 0.1) is 5.41 Å². The Bertz CT molecular complexity index is 609. The molecule has 1 aromatic rings. The number of nitrogens with one attached hydrogen (secondary N) is 1. The second kappa shape index (κ2) is 8.25. The Balaban J connectivity index is 0.00000312. The molecule has 0 bridgehead atoms. The first kappa shape index (κ1) is 21.5. The van der Waals surface area contributed by atoms with Crippen LogP contribution in [0.1, 0.15) is 32.8 Å². The number of hydrogen-bond donors (Lipinski definition) is 2. The van der Waals surface area contributed by atoms with Gasteiger partial charge in [-0.2, -0.15) is 0 Å². The highest BCUT2D eigenvalue weighted by Gasteiger charge is 2.62. The topological polar surface area (TPSA) is 82.8 Å². The van der Waals surface area contributed by atoms with Crippen LogP contribution in [0.5, 0.6) is 11.5 Å². The zero-order chi connectivity index (χ0) is 18.0. The lowest BCUT2D eigenvalue weighted by atomic mass is 9.54. The summed E-state index contributed by atoms with van der Waals surface area (Å²) < 4.78 is 16.2. The van der Waals surface area contributed by atoms with Crippen molar-refractivity contribution in [2.24, 2.45) is 11.1 Å². The van der Waals surface area contributed by atoms with E-state index >= 15 is 0 Å². The van der Waals surface area contributed by atoms with E-state index in [1.165, 1.54) is 0 Å². The summed E-state index contributed by atoms with van der Waals surface area (Å²) in [6.07, 6.45) is 0.547. The van der Waals surface area contributed by atoms with Crippen molar-refractivity contribution in [3.05, 3.63) is 23.8 Å². The van der Waals surface area contributed by atoms with E-state index < -0.39 is 11.0 Å². The van der Waals surface area contributed by atoms with E-state index in [1.807, 2.05) is 39.0 Å². The number of hydrogen-bond acceptors (Lipinski definition) is 5. The highest BCUT2D eigenvalue weighted by Crippen LogP contribution is 2.49. The Morgan fingerprint density at radius 3 is 2.44 bits per heavy atom.